The van der Waals surface area contributed by atoms with Crippen LogP contribution in [0.2, 0.25) is 0 Å². The van der Waals surface area contributed by atoms with Gasteiger partial charge in [-0.1, -0.05) is 18.2 Å². The maximum atomic E-state index is 13.9. The number of halogens is 3. The van der Waals surface area contributed by atoms with Crippen LogP contribution < -0.4 is 5.56 Å². The van der Waals surface area contributed by atoms with Crippen molar-refractivity contribution < 1.29 is 18.0 Å². The van der Waals surface area contributed by atoms with Crippen molar-refractivity contribution in [1.29, 1.82) is 0 Å². The van der Waals surface area contributed by atoms with Gasteiger partial charge in [-0.2, -0.15) is 0 Å². The van der Waals surface area contributed by atoms with Crippen LogP contribution in [0.3, 0.4) is 0 Å². The number of amides is 1. The SMILES string of the molecule is O=C(c1ccc(F)c(F)c1F)N1CCc2[nH]n(-c3ccccc3)c(=O)c2C1. The quantitative estimate of drug-likeness (QED) is 0.703. The molecule has 1 amide bonds. The van der Waals surface area contributed by atoms with E-state index in [9.17, 15) is 22.8 Å². The second-order valence-electron chi connectivity index (χ2n) is 6.24. The van der Waals surface area contributed by atoms with Gasteiger partial charge in [-0.15, -0.1) is 0 Å². The Morgan fingerprint density at radius 3 is 2.48 bits per heavy atom. The molecule has 8 heteroatoms. The Morgan fingerprint density at radius 2 is 1.74 bits per heavy atom. The second-order valence-corrected chi connectivity index (χ2v) is 6.24. The summed E-state index contributed by atoms with van der Waals surface area (Å²) in [6, 6.07) is 10.6. The van der Waals surface area contributed by atoms with Gasteiger partial charge in [0, 0.05) is 18.7 Å². The molecule has 0 atom stereocenters. The first-order valence-corrected chi connectivity index (χ1v) is 8.28. The third-order valence-corrected chi connectivity index (χ3v) is 4.62. The van der Waals surface area contributed by atoms with E-state index in [-0.39, 0.29) is 18.6 Å². The molecule has 3 aromatic rings. The van der Waals surface area contributed by atoms with Gasteiger partial charge in [-0.25, -0.2) is 17.9 Å². The van der Waals surface area contributed by atoms with Gasteiger partial charge in [-0.3, -0.25) is 14.7 Å². The summed E-state index contributed by atoms with van der Waals surface area (Å²) in [4.78, 5) is 26.5. The number of fused-ring (bicyclic) bond motifs is 1. The molecular formula is C19H14F3N3O2. The van der Waals surface area contributed by atoms with Gasteiger partial charge in [0.1, 0.15) is 0 Å². The number of hydrogen-bond acceptors (Lipinski definition) is 2. The predicted molar refractivity (Wildman–Crippen MR) is 91.2 cm³/mol. The van der Waals surface area contributed by atoms with Crippen LogP contribution in [-0.4, -0.2) is 27.1 Å². The highest BCUT2D eigenvalue weighted by Crippen LogP contribution is 2.21. The van der Waals surface area contributed by atoms with E-state index in [0.29, 0.717) is 29.4 Å². The van der Waals surface area contributed by atoms with E-state index in [1.807, 2.05) is 6.07 Å². The van der Waals surface area contributed by atoms with Crippen molar-refractivity contribution in [2.75, 3.05) is 6.54 Å². The topological polar surface area (TPSA) is 58.1 Å². The molecule has 1 aliphatic heterocycles. The summed E-state index contributed by atoms with van der Waals surface area (Å²) in [7, 11) is 0. The minimum atomic E-state index is -1.69. The summed E-state index contributed by atoms with van der Waals surface area (Å²) in [5, 5.41) is 3.03. The summed E-state index contributed by atoms with van der Waals surface area (Å²) in [6.45, 7) is 0.181. The Bertz CT molecular complexity index is 1090. The highest BCUT2D eigenvalue weighted by atomic mass is 19.2. The molecule has 0 radical (unpaired) electrons. The van der Waals surface area contributed by atoms with Crippen LogP contribution in [0.1, 0.15) is 21.6 Å². The molecule has 1 aromatic heterocycles. The monoisotopic (exact) mass is 373 g/mol. The van der Waals surface area contributed by atoms with E-state index in [1.165, 1.54) is 9.58 Å². The van der Waals surface area contributed by atoms with Gasteiger partial charge in [0.05, 0.1) is 23.4 Å². The molecule has 0 bridgehead atoms. The Hall–Kier alpha value is -3.29. The summed E-state index contributed by atoms with van der Waals surface area (Å²) < 4.78 is 41.8. The lowest BCUT2D eigenvalue weighted by Gasteiger charge is -2.26. The zero-order valence-electron chi connectivity index (χ0n) is 14.0. The average Bonchev–Trinajstić information content (AvgIpc) is 3.02. The highest BCUT2D eigenvalue weighted by Gasteiger charge is 2.29. The number of carbonyl (C=O) groups is 1. The molecule has 0 spiro atoms. The molecule has 0 unspecified atom stereocenters. The van der Waals surface area contributed by atoms with Crippen LogP contribution in [0.5, 0.6) is 0 Å². The van der Waals surface area contributed by atoms with Crippen molar-refractivity contribution in [2.24, 2.45) is 0 Å². The number of hydrogen-bond donors (Lipinski definition) is 1. The van der Waals surface area contributed by atoms with Gasteiger partial charge in [0.15, 0.2) is 17.5 Å². The number of carbonyl (C=O) groups excluding carboxylic acids is 1. The molecule has 5 nitrogen and oxygen atoms in total. The Kier molecular flexibility index (Phi) is 4.10. The summed E-state index contributed by atoms with van der Waals surface area (Å²) in [5.74, 6) is -5.36. The normalized spacial score (nSPS) is 13.5. The molecule has 138 valence electrons. The Morgan fingerprint density at radius 1 is 1.00 bits per heavy atom. The van der Waals surface area contributed by atoms with Gasteiger partial charge >= 0.3 is 0 Å². The lowest BCUT2D eigenvalue weighted by Crippen LogP contribution is -2.38. The van der Waals surface area contributed by atoms with Crippen LogP contribution in [0.4, 0.5) is 13.2 Å². The standard InChI is InChI=1S/C19H14F3N3O2/c20-14-7-6-12(16(21)17(14)22)18(26)24-9-8-15-13(10-24)19(27)25(23-15)11-4-2-1-3-5-11/h1-7,23H,8-10H2. The van der Waals surface area contributed by atoms with Crippen molar-refractivity contribution in [3.05, 3.63) is 87.1 Å². The molecule has 1 N–H and O–H groups in total. The number of para-hydroxylation sites is 1. The molecule has 0 aliphatic carbocycles. The van der Waals surface area contributed by atoms with Crippen molar-refractivity contribution in [3.8, 4) is 5.69 Å². The smallest absolute Gasteiger partial charge is 0.276 e. The largest absolute Gasteiger partial charge is 0.334 e. The molecule has 4 rings (SSSR count). The Labute approximate surface area is 151 Å². The molecule has 0 saturated heterocycles. The van der Waals surface area contributed by atoms with Crippen LogP contribution in [0.25, 0.3) is 5.69 Å². The van der Waals surface area contributed by atoms with Crippen molar-refractivity contribution in [2.45, 2.75) is 13.0 Å². The van der Waals surface area contributed by atoms with Crippen LogP contribution in [0, 0.1) is 17.5 Å². The van der Waals surface area contributed by atoms with Crippen molar-refractivity contribution in [3.63, 3.8) is 0 Å². The lowest BCUT2D eigenvalue weighted by molar-refractivity contribution is 0.0727. The maximum Gasteiger partial charge on any atom is 0.276 e. The summed E-state index contributed by atoms with van der Waals surface area (Å²) in [6.07, 6.45) is 0.363. The van der Waals surface area contributed by atoms with E-state index in [0.717, 1.165) is 6.07 Å². The Balaban J connectivity index is 1.66. The van der Waals surface area contributed by atoms with Gasteiger partial charge < -0.3 is 4.90 Å². The van der Waals surface area contributed by atoms with E-state index < -0.39 is 28.9 Å². The summed E-state index contributed by atoms with van der Waals surface area (Å²) in [5.41, 5.74) is 0.872. The number of benzene rings is 2. The van der Waals surface area contributed by atoms with Gasteiger partial charge in [0.25, 0.3) is 11.5 Å². The zero-order valence-corrected chi connectivity index (χ0v) is 14.0. The van der Waals surface area contributed by atoms with Crippen molar-refractivity contribution >= 4 is 5.91 Å². The molecule has 1 aliphatic rings. The van der Waals surface area contributed by atoms with Crippen LogP contribution in [0.15, 0.2) is 47.3 Å². The first kappa shape index (κ1) is 17.1. The number of rotatable bonds is 2. The fourth-order valence-corrected chi connectivity index (χ4v) is 3.20. The van der Waals surface area contributed by atoms with E-state index in [1.54, 1.807) is 24.3 Å². The number of H-pyrrole nitrogens is 1. The fraction of sp³-hybridized carbons (Fsp3) is 0.158. The maximum absolute atomic E-state index is 13.9. The van der Waals surface area contributed by atoms with Gasteiger partial charge in [0.2, 0.25) is 0 Å². The number of aromatic amines is 1. The summed E-state index contributed by atoms with van der Waals surface area (Å²) >= 11 is 0. The average molecular weight is 373 g/mol. The molecule has 0 saturated carbocycles. The fourth-order valence-electron chi connectivity index (χ4n) is 3.20. The molecule has 0 fully saturated rings. The number of aromatic nitrogens is 2. The van der Waals surface area contributed by atoms with E-state index in [4.69, 9.17) is 0 Å². The van der Waals surface area contributed by atoms with E-state index in [2.05, 4.69) is 5.10 Å². The molecule has 2 heterocycles. The van der Waals surface area contributed by atoms with Crippen LogP contribution >= 0.6 is 0 Å². The second kappa shape index (κ2) is 6.46. The zero-order chi connectivity index (χ0) is 19.1. The minimum Gasteiger partial charge on any atom is -0.334 e. The van der Waals surface area contributed by atoms with E-state index >= 15 is 0 Å². The number of nitrogens with one attached hydrogen (secondary N) is 1. The first-order valence-electron chi connectivity index (χ1n) is 8.28. The highest BCUT2D eigenvalue weighted by molar-refractivity contribution is 5.94. The third-order valence-electron chi connectivity index (χ3n) is 4.62. The minimum absolute atomic E-state index is 0.0399. The molecule has 2 aromatic carbocycles. The lowest BCUT2D eigenvalue weighted by atomic mass is 10.1. The molecule has 27 heavy (non-hydrogen) atoms. The van der Waals surface area contributed by atoms with Gasteiger partial charge in [-0.05, 0) is 24.3 Å². The predicted octanol–water partition coefficient (Wildman–Crippen LogP) is 2.78. The third kappa shape index (κ3) is 2.83. The molecular weight excluding hydrogens is 359 g/mol. The van der Waals surface area contributed by atoms with Crippen LogP contribution in [-0.2, 0) is 13.0 Å². The number of nitrogens with zero attached hydrogens (tertiary/aromatic N) is 2. The van der Waals surface area contributed by atoms with Crippen molar-refractivity contribution in [1.82, 2.24) is 14.7 Å². The first-order chi connectivity index (χ1) is 13.0.